The molecule has 0 amide bonds. The Labute approximate surface area is 124 Å². The second kappa shape index (κ2) is 8.47. The summed E-state index contributed by atoms with van der Waals surface area (Å²) in [5.74, 6) is -0.933. The van der Waals surface area contributed by atoms with Crippen molar-refractivity contribution in [3.8, 4) is 0 Å². The predicted molar refractivity (Wildman–Crippen MR) is 77.0 cm³/mol. The number of halogens is 1. The minimum Gasteiger partial charge on any atom is -0.478 e. The zero-order valence-electron chi connectivity index (χ0n) is 10.8. The van der Waals surface area contributed by atoms with E-state index in [0.29, 0.717) is 16.2 Å². The number of hydrogen-bond acceptors (Lipinski definition) is 5. The normalized spacial score (nSPS) is 14.8. The van der Waals surface area contributed by atoms with E-state index in [0.717, 1.165) is 12.8 Å². The summed E-state index contributed by atoms with van der Waals surface area (Å²) in [4.78, 5) is 23.3. The van der Waals surface area contributed by atoms with E-state index >= 15 is 0 Å². The smallest absolute Gasteiger partial charge is 0.339 e. The maximum absolute atomic E-state index is 11.2. The quantitative estimate of drug-likeness (QED) is 0.571. The van der Waals surface area contributed by atoms with Crippen molar-refractivity contribution in [2.24, 2.45) is 5.34 Å². The second-order valence-corrected chi connectivity index (χ2v) is 5.26. The molecule has 0 unspecified atom stereocenters. The first-order valence-corrected chi connectivity index (χ1v) is 6.99. The highest BCUT2D eigenvalue weighted by Gasteiger charge is 2.19. The summed E-state index contributed by atoms with van der Waals surface area (Å²) in [5.41, 5.74) is 0.879. The highest BCUT2D eigenvalue weighted by atomic mass is 79.9. The molecule has 1 aromatic rings. The lowest BCUT2D eigenvalue weighted by atomic mass is 9.95. The van der Waals surface area contributed by atoms with Gasteiger partial charge in [-0.3, -0.25) is 4.98 Å². The molecule has 0 radical (unpaired) electrons. The highest BCUT2D eigenvalue weighted by Crippen LogP contribution is 2.27. The number of carbonyl (C=O) groups is 1. The van der Waals surface area contributed by atoms with Crippen molar-refractivity contribution in [1.29, 1.82) is 0 Å². The maximum Gasteiger partial charge on any atom is 0.339 e. The number of aromatic carboxylic acids is 1. The van der Waals surface area contributed by atoms with Gasteiger partial charge >= 0.3 is 5.97 Å². The van der Waals surface area contributed by atoms with Gasteiger partial charge in [-0.05, 0) is 28.8 Å². The molecular formula is C12H16BrN3O4. The number of hydrogen-bond donors (Lipinski definition) is 3. The van der Waals surface area contributed by atoms with Crippen molar-refractivity contribution in [1.82, 2.24) is 4.98 Å². The van der Waals surface area contributed by atoms with Crippen LogP contribution in [0.25, 0.3) is 0 Å². The third kappa shape index (κ3) is 4.76. The average Bonchev–Trinajstić information content (AvgIpc) is 2.40. The van der Waals surface area contributed by atoms with Gasteiger partial charge in [0.1, 0.15) is 0 Å². The molecule has 1 fully saturated rings. The van der Waals surface area contributed by atoms with Gasteiger partial charge < -0.3 is 15.6 Å². The molecule has 0 atom stereocenters. The zero-order valence-corrected chi connectivity index (χ0v) is 12.3. The molecule has 1 saturated carbocycles. The molecule has 3 N–H and O–H groups in total. The Kier molecular flexibility index (Phi) is 6.92. The lowest BCUT2D eigenvalue weighted by Gasteiger charge is -2.24. The molecule has 0 bridgehead atoms. The summed E-state index contributed by atoms with van der Waals surface area (Å²) in [6, 6.07) is 0.373. The maximum atomic E-state index is 11.2. The Morgan fingerprint density at radius 1 is 1.35 bits per heavy atom. The fourth-order valence-corrected chi connectivity index (χ4v) is 2.73. The summed E-state index contributed by atoms with van der Waals surface area (Å²) in [6.45, 7) is 0. The molecule has 0 aliphatic heterocycles. The van der Waals surface area contributed by atoms with Crippen LogP contribution in [0, 0.1) is 4.91 Å². The van der Waals surface area contributed by atoms with Gasteiger partial charge in [-0.1, -0.05) is 19.3 Å². The van der Waals surface area contributed by atoms with Crippen LogP contribution in [0.2, 0.25) is 0 Å². The number of carboxylic acids is 1. The van der Waals surface area contributed by atoms with Crippen molar-refractivity contribution >= 4 is 27.6 Å². The summed E-state index contributed by atoms with van der Waals surface area (Å²) in [6.07, 6.45) is 9.00. The van der Waals surface area contributed by atoms with Gasteiger partial charge in [-0.25, -0.2) is 4.79 Å². The largest absolute Gasteiger partial charge is 0.478 e. The average molecular weight is 346 g/mol. The van der Waals surface area contributed by atoms with Gasteiger partial charge in [0.2, 0.25) is 0 Å². The van der Waals surface area contributed by atoms with E-state index in [1.165, 1.54) is 30.8 Å². The van der Waals surface area contributed by atoms with Gasteiger partial charge in [0.05, 0.1) is 21.9 Å². The molecule has 0 spiro atoms. The number of rotatable bonds is 3. The van der Waals surface area contributed by atoms with Crippen molar-refractivity contribution in [3.63, 3.8) is 0 Å². The first-order valence-electron chi connectivity index (χ1n) is 6.20. The van der Waals surface area contributed by atoms with Crippen LogP contribution in [0.1, 0.15) is 42.5 Å². The Morgan fingerprint density at radius 3 is 2.50 bits per heavy atom. The minimum atomic E-state index is -0.933. The monoisotopic (exact) mass is 345 g/mol. The number of carboxylic acid groups (broad SMARTS) is 1. The molecule has 1 heterocycles. The second-order valence-electron chi connectivity index (χ2n) is 4.41. The van der Waals surface area contributed by atoms with Gasteiger partial charge in [-0.15, -0.1) is 4.91 Å². The molecule has 1 aliphatic rings. The lowest BCUT2D eigenvalue weighted by Crippen LogP contribution is -2.23. The lowest BCUT2D eigenvalue weighted by molar-refractivity contribution is 0.0696. The van der Waals surface area contributed by atoms with E-state index in [1.807, 2.05) is 0 Å². The number of anilines is 1. The molecule has 1 aliphatic carbocycles. The van der Waals surface area contributed by atoms with E-state index in [9.17, 15) is 9.90 Å². The van der Waals surface area contributed by atoms with Crippen molar-refractivity contribution in [2.45, 2.75) is 38.1 Å². The van der Waals surface area contributed by atoms with Crippen LogP contribution < -0.4 is 5.32 Å². The standard InChI is InChI=1S/C12H15BrN2O2.HNO2/c13-9-6-14-7-10(11(9)12(16)17)15-8-4-2-1-3-5-8;2-1-3/h6-8,15H,1-5H2,(H,16,17);(H,2,3). The first-order chi connectivity index (χ1) is 9.60. The van der Waals surface area contributed by atoms with E-state index < -0.39 is 5.97 Å². The van der Waals surface area contributed by atoms with Crippen molar-refractivity contribution in [3.05, 3.63) is 27.3 Å². The van der Waals surface area contributed by atoms with E-state index in [1.54, 1.807) is 6.20 Å². The fourth-order valence-electron chi connectivity index (χ4n) is 2.23. The fraction of sp³-hybridized carbons (Fsp3) is 0.500. The number of pyridine rings is 1. The van der Waals surface area contributed by atoms with Crippen LogP contribution in [0.15, 0.2) is 22.2 Å². The molecular weight excluding hydrogens is 330 g/mol. The molecule has 0 saturated heterocycles. The van der Waals surface area contributed by atoms with Gasteiger partial charge in [-0.2, -0.15) is 0 Å². The molecule has 1 aromatic heterocycles. The van der Waals surface area contributed by atoms with Crippen LogP contribution in [-0.2, 0) is 0 Å². The van der Waals surface area contributed by atoms with Crippen LogP contribution in [-0.4, -0.2) is 27.3 Å². The van der Waals surface area contributed by atoms with Crippen molar-refractivity contribution < 1.29 is 15.1 Å². The SMILES string of the molecule is O=C(O)c1c(Br)cncc1NC1CCCCC1.O=NO. The zero-order chi connectivity index (χ0) is 15.0. The van der Waals surface area contributed by atoms with Crippen molar-refractivity contribution in [2.75, 3.05) is 5.32 Å². The molecule has 8 heteroatoms. The highest BCUT2D eigenvalue weighted by molar-refractivity contribution is 9.10. The summed E-state index contributed by atoms with van der Waals surface area (Å²) in [5, 5.41) is 20.4. The van der Waals surface area contributed by atoms with Gasteiger partial charge in [0.15, 0.2) is 5.34 Å². The minimum absolute atomic E-state index is 0.269. The Balaban J connectivity index is 0.000000612. The van der Waals surface area contributed by atoms with Crippen LogP contribution >= 0.6 is 15.9 Å². The predicted octanol–water partition coefficient (Wildman–Crippen LogP) is 3.43. The van der Waals surface area contributed by atoms with Crippen LogP contribution in [0.4, 0.5) is 5.69 Å². The third-order valence-electron chi connectivity index (χ3n) is 3.08. The first kappa shape index (κ1) is 16.4. The Morgan fingerprint density at radius 2 is 1.95 bits per heavy atom. The molecule has 7 nitrogen and oxygen atoms in total. The van der Waals surface area contributed by atoms with Crippen LogP contribution in [0.5, 0.6) is 0 Å². The van der Waals surface area contributed by atoms with Gasteiger partial charge in [0, 0.05) is 12.2 Å². The Hall–Kier alpha value is -1.70. The van der Waals surface area contributed by atoms with E-state index in [2.05, 4.69) is 26.2 Å². The summed E-state index contributed by atoms with van der Waals surface area (Å²) < 4.78 is 0.519. The number of nitrogens with one attached hydrogen (secondary N) is 1. The topological polar surface area (TPSA) is 112 Å². The molecule has 110 valence electrons. The number of nitrogens with zero attached hydrogens (tertiary/aromatic N) is 2. The Bertz CT molecular complexity index is 464. The van der Waals surface area contributed by atoms with E-state index in [-0.39, 0.29) is 5.56 Å². The molecule has 2 rings (SSSR count). The molecule has 20 heavy (non-hydrogen) atoms. The number of aromatic nitrogens is 1. The van der Waals surface area contributed by atoms with Gasteiger partial charge in [0.25, 0.3) is 0 Å². The molecule has 0 aromatic carbocycles. The van der Waals surface area contributed by atoms with Crippen LogP contribution in [0.3, 0.4) is 0 Å². The third-order valence-corrected chi connectivity index (χ3v) is 3.68. The summed E-state index contributed by atoms with van der Waals surface area (Å²) >= 11 is 3.23. The van der Waals surface area contributed by atoms with E-state index in [4.69, 9.17) is 10.1 Å². The summed E-state index contributed by atoms with van der Waals surface area (Å²) in [7, 11) is 0.